The van der Waals surface area contributed by atoms with Crippen LogP contribution in [0.5, 0.6) is 0 Å². The van der Waals surface area contributed by atoms with Crippen molar-refractivity contribution in [2.45, 2.75) is 50.0 Å². The van der Waals surface area contributed by atoms with E-state index in [9.17, 15) is 8.42 Å². The SMILES string of the molecule is CC(C)Cc1ccc(S(=O)(=O)NCC2(N)CCC2)cc1.Cl. The van der Waals surface area contributed by atoms with Crippen molar-refractivity contribution >= 4 is 22.4 Å². The Bertz CT molecular complexity index is 552. The van der Waals surface area contributed by atoms with Gasteiger partial charge in [0.05, 0.1) is 4.90 Å². The zero-order valence-electron chi connectivity index (χ0n) is 12.6. The van der Waals surface area contributed by atoms with Gasteiger partial charge in [-0.1, -0.05) is 26.0 Å². The fourth-order valence-electron chi connectivity index (χ4n) is 2.41. The van der Waals surface area contributed by atoms with Gasteiger partial charge >= 0.3 is 0 Å². The van der Waals surface area contributed by atoms with Gasteiger partial charge in [-0.25, -0.2) is 13.1 Å². The highest BCUT2D eigenvalue weighted by Gasteiger charge is 2.33. The second kappa shape index (κ2) is 7.09. The Kier molecular flexibility index (Phi) is 6.23. The number of benzene rings is 1. The normalized spacial score (nSPS) is 17.1. The van der Waals surface area contributed by atoms with E-state index in [-0.39, 0.29) is 17.9 Å². The van der Waals surface area contributed by atoms with Crippen LogP contribution >= 0.6 is 12.4 Å². The van der Waals surface area contributed by atoms with Crippen molar-refractivity contribution in [3.8, 4) is 0 Å². The number of rotatable bonds is 6. The molecule has 1 aliphatic rings. The Morgan fingerprint density at radius 2 is 1.81 bits per heavy atom. The Morgan fingerprint density at radius 3 is 2.24 bits per heavy atom. The Hall–Kier alpha value is -0.620. The number of nitrogens with one attached hydrogen (secondary N) is 1. The number of hydrogen-bond acceptors (Lipinski definition) is 3. The lowest BCUT2D eigenvalue weighted by Gasteiger charge is -2.38. The molecule has 2 rings (SSSR count). The van der Waals surface area contributed by atoms with Crippen LogP contribution in [0.1, 0.15) is 38.7 Å². The molecule has 1 saturated carbocycles. The van der Waals surface area contributed by atoms with E-state index in [2.05, 4.69) is 18.6 Å². The molecule has 3 N–H and O–H groups in total. The van der Waals surface area contributed by atoms with Crippen LogP contribution in [0.25, 0.3) is 0 Å². The molecule has 0 aliphatic heterocycles. The summed E-state index contributed by atoms with van der Waals surface area (Å²) in [7, 11) is -3.44. The second-order valence-corrected chi connectivity index (χ2v) is 8.05. The molecular weight excluding hydrogens is 308 g/mol. The summed E-state index contributed by atoms with van der Waals surface area (Å²) in [5.74, 6) is 0.561. The molecule has 0 aromatic heterocycles. The van der Waals surface area contributed by atoms with Crippen molar-refractivity contribution in [2.75, 3.05) is 6.54 Å². The van der Waals surface area contributed by atoms with Crippen molar-refractivity contribution in [2.24, 2.45) is 11.7 Å². The average Bonchev–Trinajstić information content (AvgIpc) is 2.34. The van der Waals surface area contributed by atoms with Gasteiger partial charge in [-0.2, -0.15) is 0 Å². The summed E-state index contributed by atoms with van der Waals surface area (Å²) in [5.41, 5.74) is 6.86. The van der Waals surface area contributed by atoms with Crippen molar-refractivity contribution < 1.29 is 8.42 Å². The first-order chi connectivity index (χ1) is 9.31. The number of hydrogen-bond donors (Lipinski definition) is 2. The monoisotopic (exact) mass is 332 g/mol. The molecule has 120 valence electrons. The van der Waals surface area contributed by atoms with E-state index in [1.54, 1.807) is 12.1 Å². The van der Waals surface area contributed by atoms with Crippen molar-refractivity contribution in [1.29, 1.82) is 0 Å². The van der Waals surface area contributed by atoms with E-state index in [0.717, 1.165) is 31.2 Å². The highest BCUT2D eigenvalue weighted by Crippen LogP contribution is 2.28. The molecule has 4 nitrogen and oxygen atoms in total. The van der Waals surface area contributed by atoms with Gasteiger partial charge in [0, 0.05) is 12.1 Å². The minimum absolute atomic E-state index is 0. The molecule has 21 heavy (non-hydrogen) atoms. The molecular formula is C15H25ClN2O2S. The van der Waals surface area contributed by atoms with Crippen LogP contribution in [0, 0.1) is 5.92 Å². The number of nitrogens with two attached hydrogens (primary N) is 1. The summed E-state index contributed by atoms with van der Waals surface area (Å²) in [5, 5.41) is 0. The first-order valence-corrected chi connectivity index (χ1v) is 8.67. The molecule has 0 heterocycles. The molecule has 0 saturated heterocycles. The molecule has 1 fully saturated rings. The lowest BCUT2D eigenvalue weighted by molar-refractivity contribution is 0.251. The summed E-state index contributed by atoms with van der Waals surface area (Å²) in [4.78, 5) is 0.313. The van der Waals surface area contributed by atoms with Crippen LogP contribution in [-0.2, 0) is 16.4 Å². The standard InChI is InChI=1S/C15H24N2O2S.ClH/c1-12(2)10-13-4-6-14(7-5-13)20(18,19)17-11-15(16)8-3-9-15;/h4-7,12,17H,3,8-11,16H2,1-2H3;1H. The first kappa shape index (κ1) is 18.4. The lowest BCUT2D eigenvalue weighted by atomic mass is 9.78. The maximum Gasteiger partial charge on any atom is 0.240 e. The summed E-state index contributed by atoms with van der Waals surface area (Å²) in [6.45, 7) is 4.61. The van der Waals surface area contributed by atoms with Crippen LogP contribution in [0.15, 0.2) is 29.2 Å². The second-order valence-electron chi connectivity index (χ2n) is 6.28. The van der Waals surface area contributed by atoms with Crippen LogP contribution in [0.3, 0.4) is 0 Å². The van der Waals surface area contributed by atoms with Gasteiger partial charge < -0.3 is 5.73 Å². The summed E-state index contributed by atoms with van der Waals surface area (Å²) in [6.07, 6.45) is 3.83. The van der Waals surface area contributed by atoms with Crippen LogP contribution in [-0.4, -0.2) is 20.5 Å². The van der Waals surface area contributed by atoms with E-state index < -0.39 is 10.0 Å². The van der Waals surface area contributed by atoms with Gasteiger partial charge in [0.25, 0.3) is 0 Å². The summed E-state index contributed by atoms with van der Waals surface area (Å²) in [6, 6.07) is 7.11. The molecule has 0 radical (unpaired) electrons. The predicted octanol–water partition coefficient (Wildman–Crippen LogP) is 2.47. The molecule has 6 heteroatoms. The number of halogens is 1. The minimum atomic E-state index is -3.44. The molecule has 1 aromatic rings. The third-order valence-electron chi connectivity index (χ3n) is 3.84. The van der Waals surface area contributed by atoms with Crippen molar-refractivity contribution in [3.05, 3.63) is 29.8 Å². The zero-order valence-corrected chi connectivity index (χ0v) is 14.3. The summed E-state index contributed by atoms with van der Waals surface area (Å²) >= 11 is 0. The van der Waals surface area contributed by atoms with E-state index in [0.29, 0.717) is 17.4 Å². The van der Waals surface area contributed by atoms with Gasteiger partial charge in [-0.15, -0.1) is 12.4 Å². The molecule has 0 atom stereocenters. The van der Waals surface area contributed by atoms with Crippen LogP contribution in [0.2, 0.25) is 0 Å². The molecule has 0 spiro atoms. The van der Waals surface area contributed by atoms with Gasteiger partial charge in [-0.05, 0) is 49.3 Å². The molecule has 1 aliphatic carbocycles. The maximum absolute atomic E-state index is 12.2. The maximum atomic E-state index is 12.2. The molecule has 0 bridgehead atoms. The van der Waals surface area contributed by atoms with Crippen LogP contribution in [0.4, 0.5) is 0 Å². The molecule has 1 aromatic carbocycles. The fraction of sp³-hybridized carbons (Fsp3) is 0.600. The van der Waals surface area contributed by atoms with E-state index in [1.165, 1.54) is 0 Å². The van der Waals surface area contributed by atoms with Crippen molar-refractivity contribution in [1.82, 2.24) is 4.72 Å². The molecule has 0 unspecified atom stereocenters. The quantitative estimate of drug-likeness (QED) is 0.840. The first-order valence-electron chi connectivity index (χ1n) is 7.18. The highest BCUT2D eigenvalue weighted by atomic mass is 35.5. The largest absolute Gasteiger partial charge is 0.324 e. The highest BCUT2D eigenvalue weighted by molar-refractivity contribution is 7.89. The predicted molar refractivity (Wildman–Crippen MR) is 88.2 cm³/mol. The Balaban J connectivity index is 0.00000220. The van der Waals surface area contributed by atoms with Gasteiger partial charge in [-0.3, -0.25) is 0 Å². The van der Waals surface area contributed by atoms with E-state index in [4.69, 9.17) is 5.73 Å². The third-order valence-corrected chi connectivity index (χ3v) is 5.26. The fourth-order valence-corrected chi connectivity index (χ4v) is 3.54. The lowest BCUT2D eigenvalue weighted by Crippen LogP contribution is -2.54. The zero-order chi connectivity index (χ0) is 14.8. The van der Waals surface area contributed by atoms with Gasteiger partial charge in [0.15, 0.2) is 0 Å². The van der Waals surface area contributed by atoms with E-state index in [1.807, 2.05) is 12.1 Å². The third kappa shape index (κ3) is 4.95. The summed E-state index contributed by atoms with van der Waals surface area (Å²) < 4.78 is 27.0. The van der Waals surface area contributed by atoms with E-state index >= 15 is 0 Å². The topological polar surface area (TPSA) is 72.2 Å². The molecule has 0 amide bonds. The number of sulfonamides is 1. The smallest absolute Gasteiger partial charge is 0.240 e. The minimum Gasteiger partial charge on any atom is -0.324 e. The van der Waals surface area contributed by atoms with Gasteiger partial charge in [0.2, 0.25) is 10.0 Å². The van der Waals surface area contributed by atoms with Gasteiger partial charge in [0.1, 0.15) is 0 Å². The Morgan fingerprint density at radius 1 is 1.24 bits per heavy atom. The average molecular weight is 333 g/mol. The van der Waals surface area contributed by atoms with Crippen LogP contribution < -0.4 is 10.5 Å². The van der Waals surface area contributed by atoms with Crippen molar-refractivity contribution in [3.63, 3.8) is 0 Å². The Labute approximate surface area is 134 Å².